The lowest BCUT2D eigenvalue weighted by Gasteiger charge is -2.16. The minimum absolute atomic E-state index is 0.0980. The molecule has 2 amide bonds. The Morgan fingerprint density at radius 1 is 1.23 bits per heavy atom. The zero-order valence-corrected chi connectivity index (χ0v) is 17.1. The number of carbonyl (C=O) groups excluding carboxylic acids is 2. The van der Waals surface area contributed by atoms with Crippen molar-refractivity contribution in [1.82, 2.24) is 0 Å². The molecule has 0 aliphatic rings. The second-order valence-corrected chi connectivity index (χ2v) is 8.29. The van der Waals surface area contributed by atoms with Crippen LogP contribution in [0.3, 0.4) is 0 Å². The van der Waals surface area contributed by atoms with Crippen LogP contribution in [-0.2, 0) is 4.79 Å². The van der Waals surface area contributed by atoms with Gasteiger partial charge in [-0.3, -0.25) is 9.59 Å². The molecule has 0 unspecified atom stereocenters. The fourth-order valence-electron chi connectivity index (χ4n) is 2.15. The van der Waals surface area contributed by atoms with Gasteiger partial charge in [0.1, 0.15) is 0 Å². The van der Waals surface area contributed by atoms with Crippen LogP contribution < -0.4 is 15.4 Å². The highest BCUT2D eigenvalue weighted by Gasteiger charge is 2.23. The number of nitrogens with one attached hydrogen (secondary N) is 2. The molecule has 1 heterocycles. The minimum atomic E-state index is -0.506. The summed E-state index contributed by atoms with van der Waals surface area (Å²) in [6.45, 7) is 9.64. The molecule has 1 aromatic carbocycles. The van der Waals surface area contributed by atoms with Crippen LogP contribution in [0, 0.1) is 12.3 Å². The number of para-hydroxylation sites is 1. The highest BCUT2D eigenvalue weighted by atomic mass is 35.5. The van der Waals surface area contributed by atoms with E-state index < -0.39 is 5.41 Å². The molecule has 0 aliphatic carbocycles. The van der Waals surface area contributed by atoms with Crippen molar-refractivity contribution in [1.29, 1.82) is 0 Å². The second-order valence-electron chi connectivity index (χ2n) is 6.83. The predicted octanol–water partition coefficient (Wildman–Crippen LogP) is 5.35. The Morgan fingerprint density at radius 3 is 2.54 bits per heavy atom. The number of aryl methyl sites for hydroxylation is 1. The van der Waals surface area contributed by atoms with Crippen molar-refractivity contribution in [3.8, 4) is 5.75 Å². The van der Waals surface area contributed by atoms with Gasteiger partial charge in [0.25, 0.3) is 5.91 Å². The first-order valence-corrected chi connectivity index (χ1v) is 9.47. The molecule has 5 nitrogen and oxygen atoms in total. The summed E-state index contributed by atoms with van der Waals surface area (Å²) < 4.78 is 5.53. The summed E-state index contributed by atoms with van der Waals surface area (Å²) in [6.07, 6.45) is 0. The lowest BCUT2D eigenvalue weighted by molar-refractivity contribution is -0.123. The van der Waals surface area contributed by atoms with Gasteiger partial charge in [-0.15, -0.1) is 11.3 Å². The molecule has 1 aromatic heterocycles. The molecule has 2 aromatic rings. The Bertz CT molecular complexity index is 825. The Morgan fingerprint density at radius 2 is 1.92 bits per heavy atom. The molecular formula is C19H23ClN2O3S. The maximum atomic E-state index is 12.7. The van der Waals surface area contributed by atoms with Crippen LogP contribution in [0.5, 0.6) is 5.75 Å². The molecule has 0 aliphatic heterocycles. The van der Waals surface area contributed by atoms with Crippen molar-refractivity contribution in [3.63, 3.8) is 0 Å². The molecule has 7 heteroatoms. The molecule has 0 saturated carbocycles. The Kier molecular flexibility index (Phi) is 6.31. The first-order chi connectivity index (χ1) is 12.1. The fraction of sp³-hybridized carbons (Fsp3) is 0.368. The van der Waals surface area contributed by atoms with Gasteiger partial charge in [0.2, 0.25) is 5.91 Å². The number of halogens is 1. The zero-order chi connectivity index (χ0) is 19.5. The van der Waals surface area contributed by atoms with E-state index in [1.54, 1.807) is 24.3 Å². The first-order valence-electron chi connectivity index (χ1n) is 8.28. The summed E-state index contributed by atoms with van der Waals surface area (Å²) in [5, 5.41) is 6.77. The largest absolute Gasteiger partial charge is 0.490 e. The van der Waals surface area contributed by atoms with E-state index in [1.165, 1.54) is 11.3 Å². The molecule has 0 fully saturated rings. The number of anilines is 2. The fourth-order valence-corrected chi connectivity index (χ4v) is 3.34. The van der Waals surface area contributed by atoms with Crippen LogP contribution in [0.15, 0.2) is 24.3 Å². The molecule has 2 rings (SSSR count). The van der Waals surface area contributed by atoms with E-state index >= 15 is 0 Å². The Labute approximate surface area is 162 Å². The van der Waals surface area contributed by atoms with E-state index in [9.17, 15) is 9.59 Å². The first kappa shape index (κ1) is 20.3. The van der Waals surface area contributed by atoms with E-state index in [0.29, 0.717) is 32.9 Å². The summed E-state index contributed by atoms with van der Waals surface area (Å²) in [7, 11) is 0. The Balaban J connectivity index is 2.21. The standard InChI is InChI=1S/C19H23ClN2O3S/c1-6-25-15-12(20)8-7-9-13(15)21-17(23)16-11(2)10-14(26-16)22-18(24)19(3,4)5/h7-10H,6H2,1-5H3,(H,21,23)(H,22,24). The van der Waals surface area contributed by atoms with Gasteiger partial charge in [0.15, 0.2) is 5.75 Å². The third-order valence-electron chi connectivity index (χ3n) is 3.55. The van der Waals surface area contributed by atoms with Gasteiger partial charge in [0.05, 0.1) is 27.2 Å². The van der Waals surface area contributed by atoms with Crippen LogP contribution in [0.25, 0.3) is 0 Å². The van der Waals surface area contributed by atoms with E-state index in [4.69, 9.17) is 16.3 Å². The van der Waals surface area contributed by atoms with Crippen molar-refractivity contribution < 1.29 is 14.3 Å². The van der Waals surface area contributed by atoms with E-state index in [0.717, 1.165) is 5.56 Å². The maximum Gasteiger partial charge on any atom is 0.266 e. The smallest absolute Gasteiger partial charge is 0.266 e. The normalized spacial score (nSPS) is 11.2. The molecule has 0 bridgehead atoms. The minimum Gasteiger partial charge on any atom is -0.490 e. The quantitative estimate of drug-likeness (QED) is 0.718. The molecule has 2 N–H and O–H groups in total. The zero-order valence-electron chi connectivity index (χ0n) is 15.5. The number of carbonyl (C=O) groups is 2. The van der Waals surface area contributed by atoms with E-state index in [1.807, 2.05) is 34.6 Å². The van der Waals surface area contributed by atoms with Gasteiger partial charge >= 0.3 is 0 Å². The Hall–Kier alpha value is -2.05. The van der Waals surface area contributed by atoms with Gasteiger partial charge in [-0.1, -0.05) is 38.4 Å². The summed E-state index contributed by atoms with van der Waals surface area (Å²) in [4.78, 5) is 25.3. The third kappa shape index (κ3) is 4.77. The topological polar surface area (TPSA) is 67.4 Å². The van der Waals surface area contributed by atoms with Gasteiger partial charge in [-0.05, 0) is 37.6 Å². The average molecular weight is 395 g/mol. The molecule has 0 saturated heterocycles. The van der Waals surface area contributed by atoms with Gasteiger partial charge in [-0.2, -0.15) is 0 Å². The monoisotopic (exact) mass is 394 g/mol. The van der Waals surface area contributed by atoms with Crippen molar-refractivity contribution in [2.24, 2.45) is 5.41 Å². The molecule has 0 radical (unpaired) electrons. The molecule has 140 valence electrons. The van der Waals surface area contributed by atoms with Crippen LogP contribution >= 0.6 is 22.9 Å². The number of hydrogen-bond donors (Lipinski definition) is 2. The number of rotatable bonds is 5. The van der Waals surface area contributed by atoms with Crippen LogP contribution in [0.4, 0.5) is 10.7 Å². The molecule has 26 heavy (non-hydrogen) atoms. The summed E-state index contributed by atoms with van der Waals surface area (Å²) >= 11 is 7.39. The number of ether oxygens (including phenoxy) is 1. The van der Waals surface area contributed by atoms with Gasteiger partial charge in [-0.25, -0.2) is 0 Å². The van der Waals surface area contributed by atoms with E-state index in [2.05, 4.69) is 10.6 Å². The predicted molar refractivity (Wildman–Crippen MR) is 108 cm³/mol. The van der Waals surface area contributed by atoms with Crippen molar-refractivity contribution >= 4 is 45.4 Å². The van der Waals surface area contributed by atoms with Crippen LogP contribution in [-0.4, -0.2) is 18.4 Å². The SMILES string of the molecule is CCOc1c(Cl)cccc1NC(=O)c1sc(NC(=O)C(C)(C)C)cc1C. The summed E-state index contributed by atoms with van der Waals surface area (Å²) in [5.41, 5.74) is 0.794. The van der Waals surface area contributed by atoms with E-state index in [-0.39, 0.29) is 11.8 Å². The second kappa shape index (κ2) is 8.10. The lowest BCUT2D eigenvalue weighted by atomic mass is 9.96. The molecular weight excluding hydrogens is 372 g/mol. The van der Waals surface area contributed by atoms with Crippen molar-refractivity contribution in [2.45, 2.75) is 34.6 Å². The highest BCUT2D eigenvalue weighted by molar-refractivity contribution is 7.18. The summed E-state index contributed by atoms with van der Waals surface area (Å²) in [5.74, 6) is 0.0756. The maximum absolute atomic E-state index is 12.7. The number of amides is 2. The lowest BCUT2D eigenvalue weighted by Crippen LogP contribution is -2.27. The number of benzene rings is 1. The number of hydrogen-bond acceptors (Lipinski definition) is 4. The van der Waals surface area contributed by atoms with Crippen molar-refractivity contribution in [2.75, 3.05) is 17.2 Å². The average Bonchev–Trinajstić information content (AvgIpc) is 2.90. The van der Waals surface area contributed by atoms with Crippen LogP contribution in [0.1, 0.15) is 42.9 Å². The number of thiophene rings is 1. The van der Waals surface area contributed by atoms with Gasteiger partial charge < -0.3 is 15.4 Å². The highest BCUT2D eigenvalue weighted by Crippen LogP contribution is 2.34. The van der Waals surface area contributed by atoms with Gasteiger partial charge in [0, 0.05) is 5.41 Å². The van der Waals surface area contributed by atoms with Crippen molar-refractivity contribution in [3.05, 3.63) is 39.7 Å². The third-order valence-corrected chi connectivity index (χ3v) is 4.99. The molecule has 0 spiro atoms. The summed E-state index contributed by atoms with van der Waals surface area (Å²) in [6, 6.07) is 6.99. The van der Waals surface area contributed by atoms with Crippen LogP contribution in [0.2, 0.25) is 5.02 Å². The molecule has 0 atom stereocenters.